The highest BCUT2D eigenvalue weighted by atomic mass is 16.5. The molecule has 220 valence electrons. The Kier molecular flexibility index (Phi) is 7.05. The molecular weight excluding hydrogens is 512 g/mol. The number of nitrogens with zero attached hydrogens (tertiary/aromatic N) is 1. The smallest absolute Gasteiger partial charge is 0.335 e. The molecule has 9 nitrogen and oxygen atoms in total. The molecule has 9 heteroatoms. The molecule has 40 heavy (non-hydrogen) atoms. The number of carbonyl (C=O) groups excluding carboxylic acids is 2. The first kappa shape index (κ1) is 27.8. The van der Waals surface area contributed by atoms with E-state index in [4.69, 9.17) is 13.9 Å². The molecule has 0 aromatic carbocycles. The van der Waals surface area contributed by atoms with Gasteiger partial charge in [0.2, 0.25) is 0 Å². The van der Waals surface area contributed by atoms with Crippen molar-refractivity contribution in [3.63, 3.8) is 0 Å². The van der Waals surface area contributed by atoms with Crippen molar-refractivity contribution >= 4 is 12.0 Å². The molecule has 0 spiro atoms. The number of ether oxygens (including phenoxy) is 2. The molecule has 9 atom stereocenters. The second-order valence-corrected chi connectivity index (χ2v) is 13.6. The monoisotopic (exact) mass is 556 g/mol. The molecule has 0 radical (unpaired) electrons. The number of amides is 2. The van der Waals surface area contributed by atoms with Gasteiger partial charge in [-0.25, -0.2) is 9.59 Å². The van der Waals surface area contributed by atoms with Gasteiger partial charge in [0.1, 0.15) is 6.10 Å². The van der Waals surface area contributed by atoms with Crippen LogP contribution < -0.4 is 10.9 Å². The molecular formula is C31H44N2O7. The Labute approximate surface area is 236 Å². The van der Waals surface area contributed by atoms with Crippen molar-refractivity contribution in [2.45, 2.75) is 95.8 Å². The summed E-state index contributed by atoms with van der Waals surface area (Å²) in [6.45, 7) is 8.47. The van der Waals surface area contributed by atoms with Gasteiger partial charge in [-0.05, 0) is 79.7 Å². The minimum Gasteiger partial charge on any atom is -0.462 e. The molecule has 1 aromatic rings. The van der Waals surface area contributed by atoms with Crippen LogP contribution in [-0.2, 0) is 14.3 Å². The van der Waals surface area contributed by atoms with Gasteiger partial charge in [0.25, 0.3) is 0 Å². The summed E-state index contributed by atoms with van der Waals surface area (Å²) in [4.78, 5) is 38.6. The van der Waals surface area contributed by atoms with Gasteiger partial charge < -0.3 is 29.2 Å². The standard InChI is InChI=1S/C31H44N2O7/c1-19(34)40-25-17-31(37)24-6-5-21-16-22(32-28(36)33-12-14-38-15-13-33)8-10-29(21,2)23(24)9-11-30(31,3)27(25)20-4-7-26(35)39-18-20/h4,7,18,21-25,27,37H,5-6,8-17H2,1-3H3,(H,32,36). The van der Waals surface area contributed by atoms with E-state index in [1.165, 1.54) is 19.3 Å². The minimum absolute atomic E-state index is 0.0265. The van der Waals surface area contributed by atoms with Gasteiger partial charge in [0, 0.05) is 49.9 Å². The number of aliphatic hydroxyl groups is 1. The van der Waals surface area contributed by atoms with Crippen LogP contribution in [0.15, 0.2) is 27.6 Å². The van der Waals surface area contributed by atoms with Crippen molar-refractivity contribution in [3.8, 4) is 0 Å². The summed E-state index contributed by atoms with van der Waals surface area (Å²) < 4.78 is 16.5. The van der Waals surface area contributed by atoms with Crippen molar-refractivity contribution in [1.82, 2.24) is 10.2 Å². The molecule has 1 aliphatic heterocycles. The highest BCUT2D eigenvalue weighted by Gasteiger charge is 2.70. The van der Waals surface area contributed by atoms with Crippen molar-refractivity contribution in [1.29, 1.82) is 0 Å². The lowest BCUT2D eigenvalue weighted by Gasteiger charge is -2.63. The molecule has 4 aliphatic carbocycles. The molecule has 9 unspecified atom stereocenters. The van der Waals surface area contributed by atoms with Crippen molar-refractivity contribution < 1.29 is 28.6 Å². The van der Waals surface area contributed by atoms with Gasteiger partial charge in [0.15, 0.2) is 0 Å². The summed E-state index contributed by atoms with van der Waals surface area (Å²) in [5, 5.41) is 16.0. The average Bonchev–Trinajstić information content (AvgIpc) is 3.15. The number of hydrogen-bond acceptors (Lipinski definition) is 7. The second kappa shape index (κ2) is 10.2. The molecule has 0 bridgehead atoms. The van der Waals surface area contributed by atoms with E-state index in [1.807, 2.05) is 4.90 Å². The number of hydrogen-bond donors (Lipinski definition) is 2. The number of esters is 1. The predicted octanol–water partition coefficient (Wildman–Crippen LogP) is 3.83. The third-order valence-corrected chi connectivity index (χ3v) is 11.9. The summed E-state index contributed by atoms with van der Waals surface area (Å²) in [7, 11) is 0. The third-order valence-electron chi connectivity index (χ3n) is 11.9. The summed E-state index contributed by atoms with van der Waals surface area (Å²) in [6.07, 6.45) is 8.11. The van der Waals surface area contributed by atoms with Crippen LogP contribution >= 0.6 is 0 Å². The summed E-state index contributed by atoms with van der Waals surface area (Å²) >= 11 is 0. The summed E-state index contributed by atoms with van der Waals surface area (Å²) in [6, 6.07) is 3.38. The fourth-order valence-corrected chi connectivity index (χ4v) is 9.85. The van der Waals surface area contributed by atoms with Crippen LogP contribution in [0.1, 0.15) is 83.6 Å². The normalized spacial score (nSPS) is 42.8. The highest BCUT2D eigenvalue weighted by molar-refractivity contribution is 5.74. The first-order valence-corrected chi connectivity index (χ1v) is 15.2. The van der Waals surface area contributed by atoms with Crippen LogP contribution in [0.25, 0.3) is 0 Å². The van der Waals surface area contributed by atoms with E-state index < -0.39 is 22.7 Å². The molecule has 2 N–H and O–H groups in total. The Hall–Kier alpha value is -2.39. The zero-order valence-electron chi connectivity index (χ0n) is 24.0. The molecule has 1 aromatic heterocycles. The first-order valence-electron chi connectivity index (χ1n) is 15.2. The molecule has 2 amide bonds. The fraction of sp³-hybridized carbons (Fsp3) is 0.774. The van der Waals surface area contributed by atoms with Crippen molar-refractivity contribution in [3.05, 3.63) is 34.4 Å². The lowest BCUT2D eigenvalue weighted by Crippen LogP contribution is -2.62. The predicted molar refractivity (Wildman–Crippen MR) is 147 cm³/mol. The van der Waals surface area contributed by atoms with Crippen LogP contribution in [0.3, 0.4) is 0 Å². The third kappa shape index (κ3) is 4.39. The van der Waals surface area contributed by atoms with Gasteiger partial charge in [0.05, 0.1) is 25.1 Å². The SMILES string of the molecule is CC(=O)OC1CC2(O)C3CCC4CC(NC(=O)N5CCOCC5)CCC4(C)C3CCC2(C)C1c1ccc(=O)oc1. The van der Waals surface area contributed by atoms with Crippen molar-refractivity contribution in [2.24, 2.45) is 28.6 Å². The maximum Gasteiger partial charge on any atom is 0.335 e. The molecule has 5 aliphatic rings. The Bertz CT molecular complexity index is 1180. The van der Waals surface area contributed by atoms with Gasteiger partial charge in [-0.3, -0.25) is 4.79 Å². The zero-order valence-corrected chi connectivity index (χ0v) is 24.0. The van der Waals surface area contributed by atoms with E-state index in [2.05, 4.69) is 19.2 Å². The largest absolute Gasteiger partial charge is 0.462 e. The molecule has 6 rings (SSSR count). The number of morpholine rings is 1. The summed E-state index contributed by atoms with van der Waals surface area (Å²) in [5.74, 6) is 0.359. The van der Waals surface area contributed by atoms with E-state index in [1.54, 1.807) is 6.07 Å². The zero-order chi connectivity index (χ0) is 28.3. The van der Waals surface area contributed by atoms with E-state index in [0.29, 0.717) is 44.6 Å². The quantitative estimate of drug-likeness (QED) is 0.543. The lowest BCUT2D eigenvalue weighted by molar-refractivity contribution is -0.202. The molecule has 2 heterocycles. The van der Waals surface area contributed by atoms with Gasteiger partial charge in [-0.1, -0.05) is 13.8 Å². The first-order chi connectivity index (χ1) is 19.0. The van der Waals surface area contributed by atoms with Crippen LogP contribution in [0.5, 0.6) is 0 Å². The van der Waals surface area contributed by atoms with Gasteiger partial charge in [-0.15, -0.1) is 0 Å². The Morgan fingerprint density at radius 3 is 2.55 bits per heavy atom. The lowest BCUT2D eigenvalue weighted by atomic mass is 9.43. The maximum absolute atomic E-state index is 12.9. The van der Waals surface area contributed by atoms with Gasteiger partial charge in [-0.2, -0.15) is 0 Å². The maximum atomic E-state index is 12.9. The number of carbonyl (C=O) groups is 2. The van der Waals surface area contributed by atoms with E-state index in [-0.39, 0.29) is 35.3 Å². The Morgan fingerprint density at radius 1 is 1.07 bits per heavy atom. The fourth-order valence-electron chi connectivity index (χ4n) is 9.85. The van der Waals surface area contributed by atoms with E-state index in [9.17, 15) is 19.5 Å². The summed E-state index contributed by atoms with van der Waals surface area (Å²) in [5.41, 5.74) is -1.03. The number of fused-ring (bicyclic) bond motifs is 5. The Morgan fingerprint density at radius 2 is 1.85 bits per heavy atom. The van der Waals surface area contributed by atoms with Crippen molar-refractivity contribution in [2.75, 3.05) is 26.3 Å². The van der Waals surface area contributed by atoms with Crippen LogP contribution in [0.4, 0.5) is 4.79 Å². The number of urea groups is 1. The highest BCUT2D eigenvalue weighted by Crippen LogP contribution is 2.70. The van der Waals surface area contributed by atoms with E-state index >= 15 is 0 Å². The molecule has 5 fully saturated rings. The molecule has 4 saturated carbocycles. The van der Waals surface area contributed by atoms with Gasteiger partial charge >= 0.3 is 17.6 Å². The average molecular weight is 557 g/mol. The minimum atomic E-state index is -0.994. The van der Waals surface area contributed by atoms with Crippen LogP contribution in [0.2, 0.25) is 0 Å². The number of nitrogens with one attached hydrogen (secondary N) is 1. The van der Waals surface area contributed by atoms with E-state index in [0.717, 1.165) is 50.5 Å². The second-order valence-electron chi connectivity index (χ2n) is 13.6. The Balaban J connectivity index is 1.23. The molecule has 1 saturated heterocycles. The number of rotatable bonds is 3. The topological polar surface area (TPSA) is 118 Å². The van der Waals surface area contributed by atoms with Crippen LogP contribution in [-0.4, -0.2) is 66.1 Å². The van der Waals surface area contributed by atoms with Crippen LogP contribution in [0, 0.1) is 28.6 Å².